The monoisotopic (exact) mass is 285 g/mol. The summed E-state index contributed by atoms with van der Waals surface area (Å²) in [5.74, 6) is -0.0957. The van der Waals surface area contributed by atoms with E-state index < -0.39 is 5.82 Å². The van der Waals surface area contributed by atoms with Gasteiger partial charge < -0.3 is 10.5 Å². The fraction of sp³-hybridized carbons (Fsp3) is 0.0769. The van der Waals surface area contributed by atoms with Crippen molar-refractivity contribution in [3.8, 4) is 5.75 Å². The predicted octanol–water partition coefficient (Wildman–Crippen LogP) is 4.29. The maximum atomic E-state index is 13.5. The van der Waals surface area contributed by atoms with Crippen LogP contribution in [0.4, 0.5) is 10.1 Å². The van der Waals surface area contributed by atoms with Crippen LogP contribution in [0.5, 0.6) is 5.75 Å². The zero-order valence-electron chi connectivity index (χ0n) is 9.29. The normalized spacial score (nSPS) is 10.4. The number of halogens is 3. The lowest BCUT2D eigenvalue weighted by atomic mass is 10.2. The number of rotatable bonds is 3. The molecule has 0 atom stereocenters. The first-order valence-electron chi connectivity index (χ1n) is 5.19. The van der Waals surface area contributed by atoms with Crippen LogP contribution in [0.25, 0.3) is 0 Å². The number of hydrogen-bond acceptors (Lipinski definition) is 2. The van der Waals surface area contributed by atoms with E-state index in [1.54, 1.807) is 24.3 Å². The minimum Gasteiger partial charge on any atom is -0.486 e. The molecule has 0 aliphatic rings. The van der Waals surface area contributed by atoms with E-state index in [9.17, 15) is 4.39 Å². The van der Waals surface area contributed by atoms with Gasteiger partial charge in [0.1, 0.15) is 12.4 Å². The Kier molecular flexibility index (Phi) is 3.94. The molecule has 5 heteroatoms. The first kappa shape index (κ1) is 13.0. The molecule has 0 unspecified atom stereocenters. The Bertz CT molecular complexity index is 483. The second kappa shape index (κ2) is 5.46. The predicted molar refractivity (Wildman–Crippen MR) is 71.6 cm³/mol. The molecular formula is C13H10Cl2FNO. The summed E-state index contributed by atoms with van der Waals surface area (Å²) < 4.78 is 19.0. The van der Waals surface area contributed by atoms with Crippen LogP contribution in [0.2, 0.25) is 10.0 Å². The van der Waals surface area contributed by atoms with E-state index in [2.05, 4.69) is 0 Å². The Hall–Kier alpha value is -1.45. The zero-order valence-corrected chi connectivity index (χ0v) is 10.8. The van der Waals surface area contributed by atoms with Gasteiger partial charge in [0.15, 0.2) is 5.75 Å². The maximum absolute atomic E-state index is 13.5. The molecule has 2 N–H and O–H groups in total. The highest BCUT2D eigenvalue weighted by Crippen LogP contribution is 2.33. The van der Waals surface area contributed by atoms with E-state index in [1.807, 2.05) is 0 Å². The summed E-state index contributed by atoms with van der Waals surface area (Å²) >= 11 is 11.9. The van der Waals surface area contributed by atoms with Crippen LogP contribution in [0, 0.1) is 5.82 Å². The van der Waals surface area contributed by atoms with Crippen LogP contribution in [0.15, 0.2) is 36.4 Å². The number of para-hydroxylation sites is 1. The van der Waals surface area contributed by atoms with Crippen LogP contribution >= 0.6 is 23.2 Å². The minimum atomic E-state index is -0.418. The summed E-state index contributed by atoms with van der Waals surface area (Å²) in [5, 5.41) is 0.745. The highest BCUT2D eigenvalue weighted by molar-refractivity contribution is 6.37. The van der Waals surface area contributed by atoms with Gasteiger partial charge in [-0.25, -0.2) is 4.39 Å². The molecule has 0 aromatic heterocycles. The van der Waals surface area contributed by atoms with Gasteiger partial charge in [0, 0.05) is 11.3 Å². The zero-order chi connectivity index (χ0) is 13.1. The molecule has 0 spiro atoms. The molecule has 2 aromatic rings. The average molecular weight is 286 g/mol. The quantitative estimate of drug-likeness (QED) is 0.854. The van der Waals surface area contributed by atoms with Crippen molar-refractivity contribution in [2.45, 2.75) is 6.61 Å². The van der Waals surface area contributed by atoms with Crippen LogP contribution in [0.3, 0.4) is 0 Å². The van der Waals surface area contributed by atoms with Gasteiger partial charge in [-0.1, -0.05) is 35.3 Å². The van der Waals surface area contributed by atoms with Gasteiger partial charge in [-0.15, -0.1) is 0 Å². The van der Waals surface area contributed by atoms with E-state index in [1.165, 1.54) is 12.1 Å². The second-order valence-electron chi connectivity index (χ2n) is 3.65. The summed E-state index contributed by atoms with van der Waals surface area (Å²) in [5.41, 5.74) is 6.29. The number of ether oxygens (including phenoxy) is 1. The molecule has 0 fully saturated rings. The summed E-state index contributed by atoms with van der Waals surface area (Å²) in [4.78, 5) is 0. The molecule has 0 heterocycles. The van der Waals surface area contributed by atoms with E-state index >= 15 is 0 Å². The Morgan fingerprint density at radius 3 is 2.28 bits per heavy atom. The number of hydrogen-bond donors (Lipinski definition) is 1. The van der Waals surface area contributed by atoms with Crippen molar-refractivity contribution in [3.05, 3.63) is 57.8 Å². The third-order valence-electron chi connectivity index (χ3n) is 2.43. The largest absolute Gasteiger partial charge is 0.486 e. The van der Waals surface area contributed by atoms with Gasteiger partial charge in [-0.3, -0.25) is 0 Å². The molecule has 94 valence electrons. The molecule has 0 saturated heterocycles. The lowest BCUT2D eigenvalue weighted by Crippen LogP contribution is -2.03. The molecule has 0 aliphatic heterocycles. The Labute approximate surface area is 114 Å². The smallest absolute Gasteiger partial charge is 0.156 e. The van der Waals surface area contributed by atoms with Gasteiger partial charge in [-0.2, -0.15) is 0 Å². The van der Waals surface area contributed by atoms with Gasteiger partial charge in [0.2, 0.25) is 0 Å². The highest BCUT2D eigenvalue weighted by atomic mass is 35.5. The van der Waals surface area contributed by atoms with E-state index in [-0.39, 0.29) is 12.2 Å². The standard InChI is InChI=1S/C13H10Cl2FNO/c14-9-3-1-4-10(15)13(9)18-7-8-11(16)5-2-6-12(8)17/h1-6H,7,17H2. The third-order valence-corrected chi connectivity index (χ3v) is 3.03. The Morgan fingerprint density at radius 2 is 1.67 bits per heavy atom. The van der Waals surface area contributed by atoms with Crippen molar-refractivity contribution in [3.63, 3.8) is 0 Å². The van der Waals surface area contributed by atoms with Crippen LogP contribution < -0.4 is 10.5 Å². The fourth-order valence-corrected chi connectivity index (χ4v) is 2.00. The molecule has 2 aromatic carbocycles. The van der Waals surface area contributed by atoms with Gasteiger partial charge in [0.05, 0.1) is 10.0 Å². The van der Waals surface area contributed by atoms with Gasteiger partial charge in [0.25, 0.3) is 0 Å². The van der Waals surface area contributed by atoms with E-state index in [0.717, 1.165) is 0 Å². The van der Waals surface area contributed by atoms with E-state index in [4.69, 9.17) is 33.7 Å². The van der Waals surface area contributed by atoms with Crippen molar-refractivity contribution < 1.29 is 9.13 Å². The molecule has 0 saturated carbocycles. The number of nitrogen functional groups attached to an aromatic ring is 1. The molecule has 2 nitrogen and oxygen atoms in total. The lowest BCUT2D eigenvalue weighted by Gasteiger charge is -2.11. The molecule has 0 aliphatic carbocycles. The number of anilines is 1. The summed E-state index contributed by atoms with van der Waals surface area (Å²) in [7, 11) is 0. The second-order valence-corrected chi connectivity index (χ2v) is 4.46. The van der Waals surface area contributed by atoms with Crippen molar-refractivity contribution in [2.75, 3.05) is 5.73 Å². The maximum Gasteiger partial charge on any atom is 0.156 e. The topological polar surface area (TPSA) is 35.2 Å². The van der Waals surface area contributed by atoms with Crippen molar-refractivity contribution in [2.24, 2.45) is 0 Å². The van der Waals surface area contributed by atoms with Gasteiger partial charge >= 0.3 is 0 Å². The molecular weight excluding hydrogens is 276 g/mol. The molecule has 0 radical (unpaired) electrons. The van der Waals surface area contributed by atoms with E-state index in [0.29, 0.717) is 21.5 Å². The first-order chi connectivity index (χ1) is 8.59. The van der Waals surface area contributed by atoms with Crippen molar-refractivity contribution in [1.29, 1.82) is 0 Å². The van der Waals surface area contributed by atoms with Crippen LogP contribution in [-0.4, -0.2) is 0 Å². The Balaban J connectivity index is 2.22. The summed E-state index contributed by atoms with van der Waals surface area (Å²) in [6.07, 6.45) is 0. The Morgan fingerprint density at radius 1 is 1.06 bits per heavy atom. The van der Waals surface area contributed by atoms with Crippen LogP contribution in [0.1, 0.15) is 5.56 Å². The highest BCUT2D eigenvalue weighted by Gasteiger charge is 2.10. The minimum absolute atomic E-state index is 0.0258. The summed E-state index contributed by atoms with van der Waals surface area (Å²) in [6.45, 7) is -0.0258. The fourth-order valence-electron chi connectivity index (χ4n) is 1.49. The lowest BCUT2D eigenvalue weighted by molar-refractivity contribution is 0.301. The van der Waals surface area contributed by atoms with Crippen molar-refractivity contribution >= 4 is 28.9 Å². The average Bonchev–Trinajstić information content (AvgIpc) is 2.31. The molecule has 0 bridgehead atoms. The van der Waals surface area contributed by atoms with Crippen molar-refractivity contribution in [1.82, 2.24) is 0 Å². The number of nitrogens with two attached hydrogens (primary N) is 1. The molecule has 0 amide bonds. The van der Waals surface area contributed by atoms with Crippen LogP contribution in [-0.2, 0) is 6.61 Å². The SMILES string of the molecule is Nc1cccc(F)c1COc1c(Cl)cccc1Cl. The summed E-state index contributed by atoms with van der Waals surface area (Å²) in [6, 6.07) is 9.46. The van der Waals surface area contributed by atoms with Gasteiger partial charge in [-0.05, 0) is 24.3 Å². The third kappa shape index (κ3) is 2.68. The molecule has 2 rings (SSSR count). The number of benzene rings is 2. The first-order valence-corrected chi connectivity index (χ1v) is 5.95. The molecule has 18 heavy (non-hydrogen) atoms.